The number of rotatable bonds is 1. The van der Waals surface area contributed by atoms with Crippen molar-refractivity contribution in [3.8, 4) is 0 Å². The second-order valence-electron chi connectivity index (χ2n) is 4.20. The molecule has 3 rings (SSSR count). The van der Waals surface area contributed by atoms with Crippen LogP contribution in [0.4, 0.5) is 5.69 Å². The lowest BCUT2D eigenvalue weighted by molar-refractivity contribution is -0.0366. The van der Waals surface area contributed by atoms with Crippen molar-refractivity contribution in [2.24, 2.45) is 0 Å². The second kappa shape index (κ2) is 3.79. The van der Waals surface area contributed by atoms with Crippen LogP contribution < -0.4 is 5.73 Å². The van der Waals surface area contributed by atoms with Crippen LogP contribution in [0.2, 0.25) is 0 Å². The summed E-state index contributed by atoms with van der Waals surface area (Å²) in [6.45, 7) is 0.818. The van der Waals surface area contributed by atoms with Crippen molar-refractivity contribution in [1.82, 2.24) is 9.78 Å². The maximum absolute atomic E-state index is 5.99. The molecule has 0 aliphatic carbocycles. The Morgan fingerprint density at radius 3 is 3.12 bits per heavy atom. The van der Waals surface area contributed by atoms with Crippen molar-refractivity contribution in [1.29, 1.82) is 0 Å². The third-order valence-electron chi connectivity index (χ3n) is 3.08. The lowest BCUT2D eigenvalue weighted by Crippen LogP contribution is -2.19. The molecule has 0 amide bonds. The Bertz CT molecular complexity index is 500. The van der Waals surface area contributed by atoms with Gasteiger partial charge in [-0.3, -0.25) is 0 Å². The fourth-order valence-corrected chi connectivity index (χ4v) is 2.27. The van der Waals surface area contributed by atoms with E-state index in [1.165, 1.54) is 6.42 Å². The van der Waals surface area contributed by atoms with Crippen molar-refractivity contribution in [3.05, 3.63) is 24.4 Å². The average molecular weight is 217 g/mol. The van der Waals surface area contributed by atoms with Gasteiger partial charge >= 0.3 is 0 Å². The fraction of sp³-hybridized carbons (Fsp3) is 0.417. The zero-order valence-corrected chi connectivity index (χ0v) is 9.10. The van der Waals surface area contributed by atoms with E-state index in [2.05, 4.69) is 5.10 Å². The Balaban J connectivity index is 2.09. The number of benzene rings is 1. The lowest BCUT2D eigenvalue weighted by Gasteiger charge is -2.23. The molecule has 1 aliphatic rings. The quantitative estimate of drug-likeness (QED) is 0.746. The highest BCUT2D eigenvalue weighted by Crippen LogP contribution is 2.28. The Morgan fingerprint density at radius 1 is 1.38 bits per heavy atom. The molecular formula is C12H15N3O. The van der Waals surface area contributed by atoms with Gasteiger partial charge in [0, 0.05) is 12.0 Å². The van der Waals surface area contributed by atoms with Gasteiger partial charge in [-0.05, 0) is 25.3 Å². The number of anilines is 1. The zero-order valence-electron chi connectivity index (χ0n) is 9.10. The molecule has 4 nitrogen and oxygen atoms in total. The van der Waals surface area contributed by atoms with Gasteiger partial charge in [0.1, 0.15) is 0 Å². The Kier molecular flexibility index (Phi) is 2.29. The Labute approximate surface area is 94.0 Å². The first kappa shape index (κ1) is 9.66. The maximum Gasteiger partial charge on any atom is 0.150 e. The van der Waals surface area contributed by atoms with Crippen molar-refractivity contribution >= 4 is 16.6 Å². The summed E-state index contributed by atoms with van der Waals surface area (Å²) in [5.74, 6) is 0. The molecule has 0 radical (unpaired) electrons. The predicted octanol–water partition coefficient (Wildman–Crippen LogP) is 2.32. The standard InChI is InChI=1S/C12H15N3O/c13-10-5-3-4-9-8-14-15(12(9)10)11-6-1-2-7-16-11/h3-5,8,11H,1-2,6-7,13H2. The van der Waals surface area contributed by atoms with Crippen LogP contribution >= 0.6 is 0 Å². The summed E-state index contributed by atoms with van der Waals surface area (Å²) in [6, 6.07) is 5.88. The molecule has 2 heterocycles. The summed E-state index contributed by atoms with van der Waals surface area (Å²) < 4.78 is 7.65. The molecule has 2 N–H and O–H groups in total. The van der Waals surface area contributed by atoms with Crippen LogP contribution in [0, 0.1) is 0 Å². The van der Waals surface area contributed by atoms with Crippen molar-refractivity contribution in [2.45, 2.75) is 25.5 Å². The predicted molar refractivity (Wildman–Crippen MR) is 63.0 cm³/mol. The van der Waals surface area contributed by atoms with Crippen LogP contribution in [-0.2, 0) is 4.74 Å². The molecule has 1 unspecified atom stereocenters. The molecule has 84 valence electrons. The normalized spacial score (nSPS) is 21.4. The topological polar surface area (TPSA) is 53.1 Å². The molecule has 16 heavy (non-hydrogen) atoms. The fourth-order valence-electron chi connectivity index (χ4n) is 2.27. The summed E-state index contributed by atoms with van der Waals surface area (Å²) in [5.41, 5.74) is 7.75. The molecule has 4 heteroatoms. The smallest absolute Gasteiger partial charge is 0.150 e. The zero-order chi connectivity index (χ0) is 11.0. The monoisotopic (exact) mass is 217 g/mol. The molecule has 0 spiro atoms. The minimum atomic E-state index is 0.0518. The Hall–Kier alpha value is -1.55. The minimum absolute atomic E-state index is 0.0518. The number of hydrogen-bond donors (Lipinski definition) is 1. The van der Waals surface area contributed by atoms with Gasteiger partial charge in [0.05, 0.1) is 17.4 Å². The molecule has 1 saturated heterocycles. The molecule has 1 aromatic carbocycles. The van der Waals surface area contributed by atoms with Crippen LogP contribution in [0.5, 0.6) is 0 Å². The molecule has 2 aromatic rings. The summed E-state index contributed by atoms with van der Waals surface area (Å²) in [4.78, 5) is 0. The van der Waals surface area contributed by atoms with Gasteiger partial charge in [0.2, 0.25) is 0 Å². The SMILES string of the molecule is Nc1cccc2cnn(C3CCCCO3)c12. The molecular weight excluding hydrogens is 202 g/mol. The van der Waals surface area contributed by atoms with E-state index in [-0.39, 0.29) is 6.23 Å². The van der Waals surface area contributed by atoms with Crippen LogP contribution in [0.25, 0.3) is 10.9 Å². The third-order valence-corrected chi connectivity index (χ3v) is 3.08. The number of fused-ring (bicyclic) bond motifs is 1. The van der Waals surface area contributed by atoms with Gasteiger partial charge in [0.25, 0.3) is 0 Å². The summed E-state index contributed by atoms with van der Waals surface area (Å²) in [5, 5.41) is 5.47. The first-order valence-corrected chi connectivity index (χ1v) is 5.69. The molecule has 1 fully saturated rings. The number of para-hydroxylation sites is 1. The van der Waals surface area contributed by atoms with Crippen LogP contribution in [0.15, 0.2) is 24.4 Å². The first-order valence-electron chi connectivity index (χ1n) is 5.69. The van der Waals surface area contributed by atoms with Crippen LogP contribution in [0.1, 0.15) is 25.5 Å². The van der Waals surface area contributed by atoms with E-state index in [0.29, 0.717) is 0 Å². The van der Waals surface area contributed by atoms with Gasteiger partial charge in [-0.1, -0.05) is 12.1 Å². The summed E-state index contributed by atoms with van der Waals surface area (Å²) in [7, 11) is 0. The van der Waals surface area contributed by atoms with Gasteiger partial charge in [0.15, 0.2) is 6.23 Å². The number of aromatic nitrogens is 2. The Morgan fingerprint density at radius 2 is 2.31 bits per heavy atom. The molecule has 1 aliphatic heterocycles. The molecule has 0 bridgehead atoms. The highest BCUT2D eigenvalue weighted by atomic mass is 16.5. The van der Waals surface area contributed by atoms with Gasteiger partial charge in [-0.2, -0.15) is 5.10 Å². The van der Waals surface area contributed by atoms with Crippen molar-refractivity contribution in [3.63, 3.8) is 0 Å². The largest absolute Gasteiger partial charge is 0.397 e. The number of nitrogen functional groups attached to an aromatic ring is 1. The van der Waals surface area contributed by atoms with Crippen molar-refractivity contribution in [2.75, 3.05) is 12.3 Å². The molecule has 1 atom stereocenters. The van der Waals surface area contributed by atoms with Crippen molar-refractivity contribution < 1.29 is 4.74 Å². The first-order chi connectivity index (χ1) is 7.86. The minimum Gasteiger partial charge on any atom is -0.397 e. The molecule has 0 saturated carbocycles. The van der Waals surface area contributed by atoms with Gasteiger partial charge in [-0.15, -0.1) is 0 Å². The second-order valence-corrected chi connectivity index (χ2v) is 4.20. The van der Waals surface area contributed by atoms with E-state index in [1.54, 1.807) is 0 Å². The van der Waals surface area contributed by atoms with Gasteiger partial charge < -0.3 is 10.5 Å². The van der Waals surface area contributed by atoms with Crippen LogP contribution in [-0.4, -0.2) is 16.4 Å². The number of hydrogen-bond acceptors (Lipinski definition) is 3. The maximum atomic E-state index is 5.99. The van der Waals surface area contributed by atoms with E-state index >= 15 is 0 Å². The van der Waals surface area contributed by atoms with Crippen LogP contribution in [0.3, 0.4) is 0 Å². The number of nitrogens with zero attached hydrogens (tertiary/aromatic N) is 2. The van der Waals surface area contributed by atoms with E-state index in [9.17, 15) is 0 Å². The molecule has 1 aromatic heterocycles. The van der Waals surface area contributed by atoms with E-state index in [4.69, 9.17) is 10.5 Å². The summed E-state index contributed by atoms with van der Waals surface area (Å²) >= 11 is 0. The summed E-state index contributed by atoms with van der Waals surface area (Å²) in [6.07, 6.45) is 5.26. The number of ether oxygens (including phenoxy) is 1. The third kappa shape index (κ3) is 1.46. The van der Waals surface area contributed by atoms with E-state index < -0.39 is 0 Å². The van der Waals surface area contributed by atoms with Gasteiger partial charge in [-0.25, -0.2) is 4.68 Å². The highest BCUT2D eigenvalue weighted by Gasteiger charge is 2.19. The van der Waals surface area contributed by atoms with E-state index in [0.717, 1.165) is 36.0 Å². The lowest BCUT2D eigenvalue weighted by atomic mass is 10.2. The highest BCUT2D eigenvalue weighted by molar-refractivity contribution is 5.89. The number of nitrogens with two attached hydrogens (primary N) is 1. The average Bonchev–Trinajstić information content (AvgIpc) is 2.75. The van der Waals surface area contributed by atoms with E-state index in [1.807, 2.05) is 29.1 Å².